The van der Waals surface area contributed by atoms with E-state index < -0.39 is 12.1 Å². The quantitative estimate of drug-likeness (QED) is 0.730. The molecular weight excluding hydrogens is 187 g/mol. The molecule has 1 aliphatic rings. The molecule has 0 saturated carbocycles. The number of hydrogen-bond donors (Lipinski definition) is 1. The van der Waals surface area contributed by atoms with Crippen molar-refractivity contribution in [3.05, 3.63) is 17.0 Å². The maximum absolute atomic E-state index is 13.1. The molecule has 0 saturated heterocycles. The van der Waals surface area contributed by atoms with Crippen LogP contribution in [0, 0.1) is 0 Å². The van der Waals surface area contributed by atoms with Crippen LogP contribution in [0.15, 0.2) is 0 Å². The first-order valence-electron chi connectivity index (χ1n) is 4.51. The van der Waals surface area contributed by atoms with Gasteiger partial charge in [-0.15, -0.1) is 0 Å². The minimum atomic E-state index is -1.07. The fourth-order valence-electron chi connectivity index (χ4n) is 1.92. The second-order valence-corrected chi connectivity index (χ2v) is 3.54. The molecule has 1 unspecified atom stereocenters. The zero-order valence-electron chi connectivity index (χ0n) is 7.83. The molecule has 0 aliphatic heterocycles. The van der Waals surface area contributed by atoms with Gasteiger partial charge >= 0.3 is 5.97 Å². The predicted octanol–water partition coefficient (Wildman–Crippen LogP) is 0.945. The second-order valence-electron chi connectivity index (χ2n) is 3.54. The number of alkyl halides is 1. The summed E-state index contributed by atoms with van der Waals surface area (Å²) in [5.74, 6) is -1.07. The molecule has 0 spiro atoms. The highest BCUT2D eigenvalue weighted by Gasteiger charge is 2.27. The van der Waals surface area contributed by atoms with Crippen LogP contribution in [0.5, 0.6) is 0 Å². The molecule has 4 nitrogen and oxygen atoms in total. The first-order valence-corrected chi connectivity index (χ1v) is 4.51. The van der Waals surface area contributed by atoms with Gasteiger partial charge in [0.2, 0.25) is 0 Å². The van der Waals surface area contributed by atoms with E-state index >= 15 is 0 Å². The average molecular weight is 198 g/mol. The monoisotopic (exact) mass is 198 g/mol. The molecular formula is C9H11FN2O2. The van der Waals surface area contributed by atoms with Crippen molar-refractivity contribution in [1.82, 2.24) is 9.78 Å². The van der Waals surface area contributed by atoms with Crippen LogP contribution in [0.4, 0.5) is 4.39 Å². The van der Waals surface area contributed by atoms with E-state index in [-0.39, 0.29) is 12.1 Å². The lowest BCUT2D eigenvalue weighted by Crippen LogP contribution is -2.17. The van der Waals surface area contributed by atoms with Crippen molar-refractivity contribution in [2.75, 3.05) is 0 Å². The third-order valence-corrected chi connectivity index (χ3v) is 2.60. The summed E-state index contributed by atoms with van der Waals surface area (Å²) in [7, 11) is 1.70. The van der Waals surface area contributed by atoms with E-state index in [0.29, 0.717) is 18.4 Å². The highest BCUT2D eigenvalue weighted by Crippen LogP contribution is 2.25. The number of hydrogen-bond acceptors (Lipinski definition) is 2. The number of carboxylic acids is 1. The van der Waals surface area contributed by atoms with Gasteiger partial charge in [-0.2, -0.15) is 5.10 Å². The van der Waals surface area contributed by atoms with Crippen molar-refractivity contribution in [3.63, 3.8) is 0 Å². The van der Waals surface area contributed by atoms with E-state index in [1.54, 1.807) is 11.7 Å². The third-order valence-electron chi connectivity index (χ3n) is 2.60. The predicted molar refractivity (Wildman–Crippen MR) is 47.1 cm³/mol. The zero-order chi connectivity index (χ0) is 10.3. The minimum absolute atomic E-state index is 0.00449. The number of fused-ring (bicyclic) bond motifs is 1. The third kappa shape index (κ3) is 1.29. The molecule has 0 aromatic carbocycles. The molecule has 1 N–H and O–H groups in total. The summed E-state index contributed by atoms with van der Waals surface area (Å²) in [4.78, 5) is 10.8. The molecule has 1 heterocycles. The van der Waals surface area contributed by atoms with Crippen LogP contribution in [0.2, 0.25) is 0 Å². The van der Waals surface area contributed by atoms with Crippen molar-refractivity contribution in [2.45, 2.75) is 25.4 Å². The van der Waals surface area contributed by atoms with E-state index in [0.717, 1.165) is 5.69 Å². The first-order chi connectivity index (χ1) is 6.59. The summed E-state index contributed by atoms with van der Waals surface area (Å²) in [5.41, 5.74) is 1.43. The average Bonchev–Trinajstić information content (AvgIpc) is 2.43. The topological polar surface area (TPSA) is 55.1 Å². The Bertz CT molecular complexity index is 386. The van der Waals surface area contributed by atoms with E-state index in [1.807, 2.05) is 0 Å². The van der Waals surface area contributed by atoms with Crippen LogP contribution in [0.1, 0.15) is 28.2 Å². The lowest BCUT2D eigenvalue weighted by Gasteiger charge is -2.15. The van der Waals surface area contributed by atoms with Gasteiger partial charge in [-0.1, -0.05) is 0 Å². The molecule has 0 bridgehead atoms. The van der Waals surface area contributed by atoms with E-state index in [1.165, 1.54) is 0 Å². The molecule has 0 radical (unpaired) electrons. The molecule has 0 amide bonds. The first kappa shape index (κ1) is 9.18. The number of aryl methyl sites for hydroxylation is 1. The summed E-state index contributed by atoms with van der Waals surface area (Å²) in [6, 6.07) is 0. The number of carbonyl (C=O) groups is 1. The van der Waals surface area contributed by atoms with Crippen LogP contribution >= 0.6 is 0 Å². The van der Waals surface area contributed by atoms with Gasteiger partial charge in [0, 0.05) is 24.7 Å². The molecule has 0 fully saturated rings. The van der Waals surface area contributed by atoms with Gasteiger partial charge in [-0.05, 0) is 12.8 Å². The molecule has 2 rings (SSSR count). The van der Waals surface area contributed by atoms with Crippen LogP contribution in [0.3, 0.4) is 0 Å². The Hall–Kier alpha value is -1.39. The normalized spacial score (nSPS) is 20.6. The lowest BCUT2D eigenvalue weighted by atomic mass is 9.94. The van der Waals surface area contributed by atoms with Gasteiger partial charge in [-0.25, -0.2) is 9.18 Å². The largest absolute Gasteiger partial charge is 0.476 e. The minimum Gasteiger partial charge on any atom is -0.476 e. The number of halogens is 1. The maximum atomic E-state index is 13.1. The van der Waals surface area contributed by atoms with Gasteiger partial charge < -0.3 is 5.11 Å². The zero-order valence-corrected chi connectivity index (χ0v) is 7.83. The Balaban J connectivity index is 2.50. The van der Waals surface area contributed by atoms with Crippen LogP contribution in [-0.4, -0.2) is 27.0 Å². The van der Waals surface area contributed by atoms with Crippen LogP contribution in [-0.2, 0) is 19.9 Å². The molecule has 1 atom stereocenters. The summed E-state index contributed by atoms with van der Waals surface area (Å²) in [5, 5.41) is 12.7. The SMILES string of the molecule is Cn1nc(C(=O)O)c2c1CCC(F)C2. The maximum Gasteiger partial charge on any atom is 0.356 e. The van der Waals surface area contributed by atoms with Gasteiger partial charge in [0.25, 0.3) is 0 Å². The number of nitrogens with zero attached hydrogens (tertiary/aromatic N) is 2. The van der Waals surface area contributed by atoms with E-state index in [2.05, 4.69) is 5.10 Å². The van der Waals surface area contributed by atoms with Gasteiger partial charge in [0.1, 0.15) is 6.17 Å². The number of rotatable bonds is 1. The van der Waals surface area contributed by atoms with Crippen LogP contribution in [0.25, 0.3) is 0 Å². The highest BCUT2D eigenvalue weighted by atomic mass is 19.1. The van der Waals surface area contributed by atoms with Gasteiger partial charge in [-0.3, -0.25) is 4.68 Å². The second kappa shape index (κ2) is 3.08. The Labute approximate surface area is 80.3 Å². The summed E-state index contributed by atoms with van der Waals surface area (Å²) >= 11 is 0. The lowest BCUT2D eigenvalue weighted by molar-refractivity contribution is 0.0688. The van der Waals surface area contributed by atoms with Gasteiger partial charge in [0.15, 0.2) is 5.69 Å². The Kier molecular flexibility index (Phi) is 2.02. The van der Waals surface area contributed by atoms with E-state index in [4.69, 9.17) is 5.11 Å². The molecule has 5 heteroatoms. The van der Waals surface area contributed by atoms with Crippen molar-refractivity contribution < 1.29 is 14.3 Å². The van der Waals surface area contributed by atoms with Crippen molar-refractivity contribution in [1.29, 1.82) is 0 Å². The number of aromatic nitrogens is 2. The summed E-state index contributed by atoms with van der Waals surface area (Å²) in [6.45, 7) is 0. The Morgan fingerprint density at radius 1 is 1.71 bits per heavy atom. The Morgan fingerprint density at radius 2 is 2.43 bits per heavy atom. The van der Waals surface area contributed by atoms with E-state index in [9.17, 15) is 9.18 Å². The number of carboxylic acid groups (broad SMARTS) is 1. The summed E-state index contributed by atoms with van der Waals surface area (Å²) in [6.07, 6.45) is 0.300. The van der Waals surface area contributed by atoms with Crippen molar-refractivity contribution in [3.8, 4) is 0 Å². The molecule has 1 aromatic heterocycles. The Morgan fingerprint density at radius 3 is 3.07 bits per heavy atom. The standard InChI is InChI=1S/C9H11FN2O2/c1-12-7-3-2-5(10)4-6(7)8(11-12)9(13)14/h5H,2-4H2,1H3,(H,13,14). The fourth-order valence-corrected chi connectivity index (χ4v) is 1.92. The smallest absolute Gasteiger partial charge is 0.356 e. The van der Waals surface area contributed by atoms with Crippen LogP contribution < -0.4 is 0 Å². The highest BCUT2D eigenvalue weighted by molar-refractivity contribution is 5.87. The molecule has 1 aromatic rings. The molecule has 76 valence electrons. The fraction of sp³-hybridized carbons (Fsp3) is 0.556. The molecule has 1 aliphatic carbocycles. The van der Waals surface area contributed by atoms with Crippen molar-refractivity contribution in [2.24, 2.45) is 7.05 Å². The summed E-state index contributed by atoms with van der Waals surface area (Å²) < 4.78 is 14.6. The number of aromatic carboxylic acids is 1. The van der Waals surface area contributed by atoms with Crippen molar-refractivity contribution >= 4 is 5.97 Å². The van der Waals surface area contributed by atoms with Gasteiger partial charge in [0.05, 0.1) is 0 Å². The molecule has 14 heavy (non-hydrogen) atoms.